The van der Waals surface area contributed by atoms with Gasteiger partial charge in [-0.25, -0.2) is 13.2 Å². The minimum Gasteiger partial charge on any atom is -0.741 e. The van der Waals surface area contributed by atoms with Crippen LogP contribution in [0.5, 0.6) is 5.75 Å². The van der Waals surface area contributed by atoms with Crippen LogP contribution in [-0.4, -0.2) is 31.5 Å². The summed E-state index contributed by atoms with van der Waals surface area (Å²) in [5, 5.41) is 0. The van der Waals surface area contributed by atoms with E-state index < -0.39 is 15.6 Å². The number of rotatable bonds is 1. The van der Waals surface area contributed by atoms with Gasteiger partial charge in [0.1, 0.15) is 5.75 Å². The Morgan fingerprint density at radius 1 is 1.18 bits per heavy atom. The van der Waals surface area contributed by atoms with Gasteiger partial charge in [-0.2, -0.15) is 13.2 Å². The van der Waals surface area contributed by atoms with Crippen LogP contribution in [0.4, 0.5) is 13.2 Å². The summed E-state index contributed by atoms with van der Waals surface area (Å²) < 4.78 is 65.5. The van der Waals surface area contributed by atoms with Gasteiger partial charge in [0.15, 0.2) is 22.5 Å². The molecule has 0 saturated carbocycles. The van der Waals surface area contributed by atoms with Gasteiger partial charge in [0.2, 0.25) is 0 Å². The van der Waals surface area contributed by atoms with E-state index in [0.29, 0.717) is 0 Å². The zero-order valence-corrected chi connectivity index (χ0v) is 13.2. The van der Waals surface area contributed by atoms with Gasteiger partial charge in [-0.05, 0) is 20.8 Å². The van der Waals surface area contributed by atoms with Crippen molar-refractivity contribution in [3.8, 4) is 5.75 Å². The lowest BCUT2D eigenvalue weighted by atomic mass is 9.95. The first-order valence-corrected chi connectivity index (χ1v) is 7.23. The molecule has 0 amide bonds. The van der Waals surface area contributed by atoms with Crippen LogP contribution in [0.15, 0.2) is 24.5 Å². The molecule has 22 heavy (non-hydrogen) atoms. The predicted molar refractivity (Wildman–Crippen MR) is 69.0 cm³/mol. The number of pyridine rings is 1. The molecule has 1 heterocycles. The first-order valence-electron chi connectivity index (χ1n) is 5.82. The van der Waals surface area contributed by atoms with Crippen LogP contribution in [0.3, 0.4) is 0 Å². The number of halogens is 3. The third kappa shape index (κ3) is 6.39. The molecule has 6 nitrogen and oxygen atoms in total. The molecule has 0 unspecified atom stereocenters. The Bertz CT molecular complexity index is 603. The molecule has 1 rings (SSSR count). The molecule has 0 aliphatic heterocycles. The van der Waals surface area contributed by atoms with Crippen molar-refractivity contribution in [1.29, 1.82) is 0 Å². The average molecular weight is 343 g/mol. The summed E-state index contributed by atoms with van der Waals surface area (Å²) in [5.74, 6) is 0.822. The molecule has 0 aliphatic rings. The van der Waals surface area contributed by atoms with Crippen molar-refractivity contribution in [1.82, 2.24) is 0 Å². The number of aromatic nitrogens is 1. The summed E-state index contributed by atoms with van der Waals surface area (Å²) >= 11 is 0. The van der Waals surface area contributed by atoms with Gasteiger partial charge < -0.3 is 9.29 Å². The maximum atomic E-state index is 11.8. The van der Waals surface area contributed by atoms with E-state index in [9.17, 15) is 18.0 Å². The van der Waals surface area contributed by atoms with Crippen LogP contribution in [-0.2, 0) is 10.1 Å². The molecular formula is C12H16F3NO5S. The Balaban J connectivity index is 0.000000472. The van der Waals surface area contributed by atoms with Gasteiger partial charge in [-0.15, -0.1) is 4.57 Å². The maximum absolute atomic E-state index is 11.8. The molecule has 0 fully saturated rings. The molecule has 0 radical (unpaired) electrons. The van der Waals surface area contributed by atoms with Crippen LogP contribution in [0.25, 0.3) is 0 Å². The van der Waals surface area contributed by atoms with Crippen molar-refractivity contribution >= 4 is 16.0 Å². The fraction of sp³-hybridized carbons (Fsp3) is 0.500. The van der Waals surface area contributed by atoms with Crippen molar-refractivity contribution in [3.05, 3.63) is 24.5 Å². The third-order valence-electron chi connectivity index (χ3n) is 2.19. The lowest BCUT2D eigenvalue weighted by molar-refractivity contribution is -0.579. The summed E-state index contributed by atoms with van der Waals surface area (Å²) in [6.45, 7) is 5.69. The molecule has 0 N–H and O–H groups in total. The zero-order chi connectivity index (χ0) is 17.8. The molecule has 10 heteroatoms. The van der Waals surface area contributed by atoms with E-state index in [-0.39, 0.29) is 11.3 Å². The Kier molecular flexibility index (Phi) is 6.51. The topological polar surface area (TPSA) is 87.4 Å². The van der Waals surface area contributed by atoms with Gasteiger partial charge in [-0.3, -0.25) is 0 Å². The van der Waals surface area contributed by atoms with Crippen molar-refractivity contribution in [3.63, 3.8) is 0 Å². The second kappa shape index (κ2) is 7.05. The minimum atomic E-state index is -6.09. The van der Waals surface area contributed by atoms with E-state index in [4.69, 9.17) is 17.7 Å². The maximum Gasteiger partial charge on any atom is 0.485 e. The van der Waals surface area contributed by atoms with Crippen LogP contribution in [0, 0.1) is 5.41 Å². The number of alkyl halides is 3. The molecule has 0 spiro atoms. The second-order valence-electron chi connectivity index (χ2n) is 5.10. The van der Waals surface area contributed by atoms with E-state index in [1.54, 1.807) is 36.2 Å². The number of nitrogens with zero attached hydrogens (tertiary/aromatic N) is 1. The normalized spacial score (nSPS) is 12.2. The first kappa shape index (κ1) is 20.3. The summed E-state index contributed by atoms with van der Waals surface area (Å²) in [4.78, 5) is 11.8. The van der Waals surface area contributed by atoms with E-state index in [0.717, 1.165) is 5.75 Å². The fourth-order valence-corrected chi connectivity index (χ4v) is 1.07. The van der Waals surface area contributed by atoms with E-state index in [1.807, 2.05) is 20.8 Å². The summed E-state index contributed by atoms with van der Waals surface area (Å²) in [6.07, 6.45) is 3.43. The van der Waals surface area contributed by atoms with Crippen molar-refractivity contribution < 1.29 is 40.2 Å². The van der Waals surface area contributed by atoms with Gasteiger partial charge >= 0.3 is 11.4 Å². The molecule has 0 aliphatic carbocycles. The number of methoxy groups -OCH3 is 1. The van der Waals surface area contributed by atoms with Crippen LogP contribution >= 0.6 is 0 Å². The summed E-state index contributed by atoms with van der Waals surface area (Å²) in [6, 6.07) is 3.54. The van der Waals surface area contributed by atoms with Crippen LogP contribution in [0.1, 0.15) is 25.6 Å². The third-order valence-corrected chi connectivity index (χ3v) is 2.76. The van der Waals surface area contributed by atoms with Gasteiger partial charge in [0.25, 0.3) is 0 Å². The van der Waals surface area contributed by atoms with Crippen LogP contribution < -0.4 is 9.30 Å². The molecular weight excluding hydrogens is 327 g/mol. The summed E-state index contributed by atoms with van der Waals surface area (Å²) in [5.41, 5.74) is -6.01. The highest BCUT2D eigenvalue weighted by atomic mass is 32.2. The molecule has 0 bridgehead atoms. The Morgan fingerprint density at radius 2 is 1.55 bits per heavy atom. The van der Waals surface area contributed by atoms with Crippen molar-refractivity contribution in [2.24, 2.45) is 5.41 Å². The lowest BCUT2D eigenvalue weighted by Crippen LogP contribution is -2.48. The zero-order valence-electron chi connectivity index (χ0n) is 12.3. The van der Waals surface area contributed by atoms with E-state index in [1.165, 1.54) is 0 Å². The van der Waals surface area contributed by atoms with Crippen LogP contribution in [0.2, 0.25) is 0 Å². The number of ether oxygens (including phenoxy) is 1. The second-order valence-corrected chi connectivity index (χ2v) is 6.47. The van der Waals surface area contributed by atoms with Crippen molar-refractivity contribution in [2.45, 2.75) is 26.3 Å². The van der Waals surface area contributed by atoms with Crippen molar-refractivity contribution in [2.75, 3.05) is 7.11 Å². The molecule has 1 aromatic rings. The van der Waals surface area contributed by atoms with E-state index >= 15 is 0 Å². The minimum absolute atomic E-state index is 0.0696. The van der Waals surface area contributed by atoms with E-state index in [2.05, 4.69) is 0 Å². The number of carbonyl (C=O) groups excluding carboxylic acids is 1. The lowest BCUT2D eigenvalue weighted by Gasteiger charge is -2.10. The Labute approximate surface area is 126 Å². The monoisotopic (exact) mass is 343 g/mol. The number of hydrogen-bond acceptors (Lipinski definition) is 5. The first-order chi connectivity index (χ1) is 9.70. The molecule has 0 saturated heterocycles. The number of hydrogen-bond donors (Lipinski definition) is 0. The summed E-state index contributed by atoms with van der Waals surface area (Å²) in [7, 11) is -4.49. The average Bonchev–Trinajstić information content (AvgIpc) is 2.35. The highest BCUT2D eigenvalue weighted by molar-refractivity contribution is 7.86. The predicted octanol–water partition coefficient (Wildman–Crippen LogP) is 1.72. The molecule has 0 atom stereocenters. The molecule has 1 aromatic heterocycles. The van der Waals surface area contributed by atoms with Gasteiger partial charge in [0, 0.05) is 12.1 Å². The molecule has 126 valence electrons. The highest BCUT2D eigenvalue weighted by Gasteiger charge is 2.36. The standard InChI is InChI=1S/C11H16NO2.CHF3O3S/c1-11(2,3)10(13)12-7-5-9(14-4)6-8-12;2-1(3,4)8(5,6)7/h5-8H,1-4H3;(H,5,6,7)/q+1;/p-1. The van der Waals surface area contributed by atoms with Gasteiger partial charge in [0.05, 0.1) is 12.5 Å². The Morgan fingerprint density at radius 3 is 1.77 bits per heavy atom. The molecule has 0 aromatic carbocycles. The smallest absolute Gasteiger partial charge is 0.485 e. The SMILES string of the molecule is COc1cc[n+](C(=O)C(C)(C)C)cc1.O=S(=O)([O-])C(F)(F)F. The fourth-order valence-electron chi connectivity index (χ4n) is 1.07. The van der Waals surface area contributed by atoms with Gasteiger partial charge in [-0.1, -0.05) is 0 Å². The highest BCUT2D eigenvalue weighted by Crippen LogP contribution is 2.20. The Hall–Kier alpha value is -1.68. The largest absolute Gasteiger partial charge is 0.741 e. The quantitative estimate of drug-likeness (QED) is 0.440. The number of carbonyl (C=O) groups is 1.